The molecule has 12 atom stereocenters. The molecule has 0 bridgehead atoms. The van der Waals surface area contributed by atoms with Crippen molar-refractivity contribution in [2.24, 2.45) is 0 Å². The van der Waals surface area contributed by atoms with E-state index in [1.54, 1.807) is 6.08 Å². The second kappa shape index (κ2) is 43.0. The fraction of sp³-hybridized carbons (Fsp3) is 0.807. The van der Waals surface area contributed by atoms with Gasteiger partial charge in [-0.1, -0.05) is 177 Å². The number of hydrogen-bond donors (Lipinski definition) is 9. The summed E-state index contributed by atoms with van der Waals surface area (Å²) in [5, 5.41) is 86.9. The molecule has 2 aliphatic rings. The maximum absolute atomic E-state index is 13.2. The van der Waals surface area contributed by atoms with Crippen molar-refractivity contribution < 1.29 is 64.6 Å². The van der Waals surface area contributed by atoms with Gasteiger partial charge in [-0.2, -0.15) is 0 Å². The number of ether oxygens (including phenoxy) is 4. The Morgan fingerprint density at radius 3 is 1.48 bits per heavy atom. The van der Waals surface area contributed by atoms with E-state index in [9.17, 15) is 45.6 Å². The van der Waals surface area contributed by atoms with Gasteiger partial charge in [0.1, 0.15) is 48.8 Å². The molecule has 12 unspecified atom stereocenters. The maximum Gasteiger partial charge on any atom is 0.220 e. The van der Waals surface area contributed by atoms with Gasteiger partial charge in [0.05, 0.1) is 32.0 Å². The van der Waals surface area contributed by atoms with Crippen molar-refractivity contribution in [1.29, 1.82) is 0 Å². The highest BCUT2D eigenvalue weighted by Crippen LogP contribution is 2.30. The molecule has 2 rings (SSSR count). The van der Waals surface area contributed by atoms with E-state index in [2.05, 4.69) is 67.8 Å². The predicted octanol–water partition coefficient (Wildman–Crippen LogP) is 8.61. The van der Waals surface area contributed by atoms with E-state index in [0.29, 0.717) is 12.8 Å². The summed E-state index contributed by atoms with van der Waals surface area (Å²) in [6, 6.07) is -0.947. The van der Waals surface area contributed by atoms with E-state index >= 15 is 0 Å². The van der Waals surface area contributed by atoms with Crippen LogP contribution in [0.2, 0.25) is 0 Å². The lowest BCUT2D eigenvalue weighted by Crippen LogP contribution is -2.65. The molecule has 14 heteroatoms. The Bertz CT molecular complexity index is 1420. The Kier molecular flexibility index (Phi) is 39.2. The summed E-state index contributed by atoms with van der Waals surface area (Å²) in [6.45, 7) is 2.73. The molecule has 14 nitrogen and oxygen atoms in total. The third-order valence-electron chi connectivity index (χ3n) is 13.4. The molecule has 2 fully saturated rings. The van der Waals surface area contributed by atoms with Crippen LogP contribution in [0.25, 0.3) is 0 Å². The summed E-state index contributed by atoms with van der Waals surface area (Å²) in [4.78, 5) is 13.2. The number of unbranched alkanes of at least 4 members (excludes halogenated alkanes) is 22. The van der Waals surface area contributed by atoms with Crippen molar-refractivity contribution in [2.45, 2.75) is 274 Å². The topological polar surface area (TPSA) is 228 Å². The van der Waals surface area contributed by atoms with Crippen molar-refractivity contribution in [3.05, 3.63) is 60.8 Å². The van der Waals surface area contributed by atoms with Crippen LogP contribution in [0.1, 0.15) is 200 Å². The van der Waals surface area contributed by atoms with Gasteiger partial charge in [0.2, 0.25) is 5.91 Å². The van der Waals surface area contributed by atoms with Crippen LogP contribution in [0.4, 0.5) is 0 Å². The van der Waals surface area contributed by atoms with Gasteiger partial charge in [0.15, 0.2) is 12.6 Å². The van der Waals surface area contributed by atoms with Crippen molar-refractivity contribution in [2.75, 3.05) is 19.8 Å². The number of hydrogen-bond acceptors (Lipinski definition) is 13. The van der Waals surface area contributed by atoms with Gasteiger partial charge in [0, 0.05) is 6.42 Å². The molecule has 0 aromatic heterocycles. The minimum absolute atomic E-state index is 0.252. The van der Waals surface area contributed by atoms with Gasteiger partial charge < -0.3 is 65.1 Å². The SMILES string of the molecule is CCCCCC/C=C\C/C=C\CCCCCCCC(=O)NC(COC1OC(CO)C(OC2OC(CO)C(O)C(O)C2O)C(O)C1O)C(O)/C=C/CC/C=C/CC/C=C/CCCCCCCCCCCCC. The monoisotopic (exact) mass is 1010 g/mol. The van der Waals surface area contributed by atoms with Crippen molar-refractivity contribution >= 4 is 5.91 Å². The molecule has 2 heterocycles. The molecule has 0 aromatic rings. The molecule has 2 saturated heterocycles. The molecule has 0 saturated carbocycles. The Balaban J connectivity index is 1.84. The minimum atomic E-state index is -1.80. The number of carbonyl (C=O) groups excluding carboxylic acids is 1. The first-order valence-corrected chi connectivity index (χ1v) is 28.0. The number of amides is 1. The molecule has 0 radical (unpaired) electrons. The van der Waals surface area contributed by atoms with E-state index in [1.807, 2.05) is 6.08 Å². The van der Waals surface area contributed by atoms with Crippen LogP contribution in [-0.4, -0.2) is 140 Å². The van der Waals surface area contributed by atoms with Crippen LogP contribution < -0.4 is 5.32 Å². The first-order valence-electron chi connectivity index (χ1n) is 28.0. The van der Waals surface area contributed by atoms with Gasteiger partial charge in [-0.15, -0.1) is 0 Å². The van der Waals surface area contributed by atoms with E-state index in [0.717, 1.165) is 70.6 Å². The van der Waals surface area contributed by atoms with Crippen LogP contribution >= 0.6 is 0 Å². The van der Waals surface area contributed by atoms with Gasteiger partial charge in [-0.3, -0.25) is 4.79 Å². The molecule has 412 valence electrons. The molecule has 71 heavy (non-hydrogen) atoms. The second-order valence-corrected chi connectivity index (χ2v) is 19.7. The lowest BCUT2D eigenvalue weighted by molar-refractivity contribution is -0.359. The van der Waals surface area contributed by atoms with E-state index in [4.69, 9.17) is 18.9 Å². The summed E-state index contributed by atoms with van der Waals surface area (Å²) in [5.74, 6) is -0.269. The van der Waals surface area contributed by atoms with E-state index < -0.39 is 86.8 Å². The largest absolute Gasteiger partial charge is 0.394 e. The number of aliphatic hydroxyl groups is 8. The molecular weight excluding hydrogens is 907 g/mol. The van der Waals surface area contributed by atoms with Crippen LogP contribution in [0, 0.1) is 0 Å². The first-order chi connectivity index (χ1) is 34.6. The molecule has 1 amide bonds. The lowest BCUT2D eigenvalue weighted by Gasteiger charge is -2.46. The summed E-state index contributed by atoms with van der Waals surface area (Å²) >= 11 is 0. The summed E-state index contributed by atoms with van der Waals surface area (Å²) < 4.78 is 22.7. The zero-order chi connectivity index (χ0) is 51.7. The van der Waals surface area contributed by atoms with Crippen molar-refractivity contribution in [3.8, 4) is 0 Å². The smallest absolute Gasteiger partial charge is 0.220 e. The fourth-order valence-corrected chi connectivity index (χ4v) is 8.82. The average Bonchev–Trinajstić information content (AvgIpc) is 3.37. The van der Waals surface area contributed by atoms with Gasteiger partial charge in [-0.25, -0.2) is 0 Å². The zero-order valence-electron chi connectivity index (χ0n) is 43.9. The number of carbonyl (C=O) groups is 1. The molecule has 0 aromatic carbocycles. The molecule has 0 spiro atoms. The summed E-state index contributed by atoms with van der Waals surface area (Å²) in [5.41, 5.74) is 0. The van der Waals surface area contributed by atoms with Gasteiger partial charge in [-0.05, 0) is 77.0 Å². The maximum atomic E-state index is 13.2. The van der Waals surface area contributed by atoms with Gasteiger partial charge >= 0.3 is 0 Å². The molecule has 9 N–H and O–H groups in total. The standard InChI is InChI=1S/C57H101NO13/c1-3-5-7-9-11-13-15-17-19-21-22-23-24-25-26-28-30-32-34-36-38-40-46(61)45(58-49(62)41-39-37-35-33-31-29-27-20-18-16-14-12-10-8-6-4-2)44-68-56-54(67)52(65)55(48(43-60)70-56)71-57-53(66)51(64)50(63)47(42-59)69-57/h14,16,20,24-25,27,30,32,38,40,45-48,50-57,59-61,63-67H,3-13,15,17-19,21-23,26,28-29,31,33-37,39,41-44H2,1-2H3,(H,58,62)/b16-14-,25-24+,27-20-,32-30+,40-38+. The van der Waals surface area contributed by atoms with E-state index in [1.165, 1.54) is 96.3 Å². The molecule has 2 aliphatic heterocycles. The van der Waals surface area contributed by atoms with Crippen LogP contribution in [0.15, 0.2) is 60.8 Å². The first kappa shape index (κ1) is 64.8. The van der Waals surface area contributed by atoms with Crippen molar-refractivity contribution in [1.82, 2.24) is 5.32 Å². The second-order valence-electron chi connectivity index (χ2n) is 19.7. The molecular formula is C57H101NO13. The fourth-order valence-electron chi connectivity index (χ4n) is 8.82. The van der Waals surface area contributed by atoms with E-state index in [-0.39, 0.29) is 18.9 Å². The number of allylic oxidation sites excluding steroid dienone is 9. The average molecular weight is 1010 g/mol. The summed E-state index contributed by atoms with van der Waals surface area (Å²) in [6.07, 6.45) is 36.8. The Hall–Kier alpha value is -2.31. The van der Waals surface area contributed by atoms with Crippen molar-refractivity contribution in [3.63, 3.8) is 0 Å². The highest BCUT2D eigenvalue weighted by Gasteiger charge is 2.51. The highest BCUT2D eigenvalue weighted by atomic mass is 16.7. The predicted molar refractivity (Wildman–Crippen MR) is 281 cm³/mol. The zero-order valence-corrected chi connectivity index (χ0v) is 43.9. The Morgan fingerprint density at radius 1 is 0.507 bits per heavy atom. The van der Waals surface area contributed by atoms with Crippen LogP contribution in [0.5, 0.6) is 0 Å². The Labute approximate surface area is 428 Å². The highest BCUT2D eigenvalue weighted by molar-refractivity contribution is 5.76. The van der Waals surface area contributed by atoms with Crippen LogP contribution in [-0.2, 0) is 23.7 Å². The van der Waals surface area contributed by atoms with Gasteiger partial charge in [0.25, 0.3) is 0 Å². The quantitative estimate of drug-likeness (QED) is 0.0206. The number of rotatable bonds is 43. The summed E-state index contributed by atoms with van der Waals surface area (Å²) in [7, 11) is 0. The molecule has 0 aliphatic carbocycles. The third-order valence-corrected chi connectivity index (χ3v) is 13.4. The number of nitrogens with one attached hydrogen (secondary N) is 1. The number of aliphatic hydroxyl groups excluding tert-OH is 8. The van der Waals surface area contributed by atoms with Crippen LogP contribution in [0.3, 0.4) is 0 Å². The minimum Gasteiger partial charge on any atom is -0.394 e. The Morgan fingerprint density at radius 2 is 0.944 bits per heavy atom. The lowest BCUT2D eigenvalue weighted by atomic mass is 9.97. The third kappa shape index (κ3) is 29.4. The normalized spacial score (nSPS) is 26.2.